The van der Waals surface area contributed by atoms with Crippen molar-refractivity contribution in [1.82, 2.24) is 0 Å². The van der Waals surface area contributed by atoms with E-state index in [4.69, 9.17) is 0 Å². The molecule has 1 aromatic carbocycles. The molecule has 0 saturated heterocycles. The van der Waals surface area contributed by atoms with Crippen molar-refractivity contribution in [2.24, 2.45) is 0 Å². The van der Waals surface area contributed by atoms with Gasteiger partial charge < -0.3 is 15.5 Å². The van der Waals surface area contributed by atoms with E-state index in [0.717, 1.165) is 6.54 Å². The predicted molar refractivity (Wildman–Crippen MR) is 80.1 cm³/mol. The maximum Gasteiger partial charge on any atom is 0.101 e. The number of hydrogen-bond acceptors (Lipinski definition) is 0. The summed E-state index contributed by atoms with van der Waals surface area (Å²) in [5.41, 5.74) is 1.43. The van der Waals surface area contributed by atoms with Crippen LogP contribution in [0, 0.1) is 0 Å². The summed E-state index contributed by atoms with van der Waals surface area (Å²) >= 11 is 0. The monoisotopic (exact) mass is 266 g/mol. The lowest BCUT2D eigenvalue weighted by atomic mass is 10.2. The van der Waals surface area contributed by atoms with E-state index in [2.05, 4.69) is 55.1 Å². The summed E-state index contributed by atoms with van der Waals surface area (Å²) in [7, 11) is 4.46. The normalized spacial score (nSPS) is 11.1. The molecule has 0 saturated carbocycles. The summed E-state index contributed by atoms with van der Waals surface area (Å²) in [6.07, 6.45) is 4.03. The Hall–Kier alpha value is -0.900. The van der Waals surface area contributed by atoms with Crippen LogP contribution < -0.4 is 15.5 Å². The van der Waals surface area contributed by atoms with Gasteiger partial charge in [0.15, 0.2) is 0 Å². The Bertz CT molecular complexity index is 298. The van der Waals surface area contributed by atoms with Gasteiger partial charge >= 0.3 is 0 Å². The minimum atomic E-state index is 1.12. The van der Waals surface area contributed by atoms with E-state index in [1.165, 1.54) is 51.0 Å². The average Bonchev–Trinajstić information content (AvgIpc) is 2.42. The Labute approximate surface area is 118 Å². The summed E-state index contributed by atoms with van der Waals surface area (Å²) in [6.45, 7) is 6.24. The molecule has 0 heterocycles. The molecule has 1 aromatic rings. The first-order valence-electron chi connectivity index (χ1n) is 7.75. The SMILES string of the molecule is C[NH+](C)CCCC[NH2+]CCC[NH2+]Cc1ccccc1. The van der Waals surface area contributed by atoms with Gasteiger partial charge in [0.1, 0.15) is 6.54 Å². The van der Waals surface area contributed by atoms with Crippen molar-refractivity contribution in [2.45, 2.75) is 25.8 Å². The van der Waals surface area contributed by atoms with E-state index in [1.807, 2.05) is 0 Å². The van der Waals surface area contributed by atoms with Crippen LogP contribution in [0.3, 0.4) is 0 Å². The van der Waals surface area contributed by atoms with Crippen LogP contribution in [0.4, 0.5) is 0 Å². The van der Waals surface area contributed by atoms with Gasteiger partial charge in [-0.2, -0.15) is 0 Å². The average molecular weight is 266 g/mol. The second-order valence-corrected chi connectivity index (χ2v) is 5.65. The lowest BCUT2D eigenvalue weighted by molar-refractivity contribution is -0.858. The van der Waals surface area contributed by atoms with E-state index in [0.29, 0.717) is 0 Å². The quantitative estimate of drug-likeness (QED) is 0.414. The molecule has 1 rings (SSSR count). The Morgan fingerprint density at radius 3 is 2.26 bits per heavy atom. The highest BCUT2D eigenvalue weighted by molar-refractivity contribution is 5.12. The van der Waals surface area contributed by atoms with Crippen molar-refractivity contribution in [1.29, 1.82) is 0 Å². The summed E-state index contributed by atoms with van der Waals surface area (Å²) in [6, 6.07) is 10.7. The van der Waals surface area contributed by atoms with Crippen LogP contribution in [0.25, 0.3) is 0 Å². The molecule has 0 fully saturated rings. The minimum absolute atomic E-state index is 1.12. The molecule has 0 bridgehead atoms. The van der Waals surface area contributed by atoms with Gasteiger partial charge in [0.25, 0.3) is 0 Å². The summed E-state index contributed by atoms with van der Waals surface area (Å²) in [5.74, 6) is 0. The molecule has 0 radical (unpaired) electrons. The van der Waals surface area contributed by atoms with Crippen LogP contribution in [0.1, 0.15) is 24.8 Å². The van der Waals surface area contributed by atoms with Gasteiger partial charge in [0, 0.05) is 24.8 Å². The van der Waals surface area contributed by atoms with Crippen molar-refractivity contribution in [3.63, 3.8) is 0 Å². The summed E-state index contributed by atoms with van der Waals surface area (Å²) in [4.78, 5) is 1.57. The van der Waals surface area contributed by atoms with E-state index in [-0.39, 0.29) is 0 Å². The topological polar surface area (TPSA) is 37.7 Å². The molecule has 0 spiro atoms. The van der Waals surface area contributed by atoms with Gasteiger partial charge in [-0.05, 0) is 0 Å². The molecule has 19 heavy (non-hydrogen) atoms. The van der Waals surface area contributed by atoms with E-state index >= 15 is 0 Å². The molecular weight excluding hydrogens is 234 g/mol. The Balaban J connectivity index is 1.81. The molecule has 0 aliphatic carbocycles. The molecule has 0 amide bonds. The largest absolute Gasteiger partial charge is 0.346 e. The Morgan fingerprint density at radius 2 is 1.53 bits per heavy atom. The fourth-order valence-corrected chi connectivity index (χ4v) is 2.20. The van der Waals surface area contributed by atoms with Crippen LogP contribution in [0.15, 0.2) is 30.3 Å². The van der Waals surface area contributed by atoms with Crippen molar-refractivity contribution >= 4 is 0 Å². The van der Waals surface area contributed by atoms with Gasteiger partial charge in [0.2, 0.25) is 0 Å². The number of unbranched alkanes of at least 4 members (excludes halogenated alkanes) is 1. The fraction of sp³-hybridized carbons (Fsp3) is 0.625. The molecule has 0 aliphatic heterocycles. The molecule has 3 nitrogen and oxygen atoms in total. The number of rotatable bonds is 11. The van der Waals surface area contributed by atoms with Crippen molar-refractivity contribution in [2.75, 3.05) is 40.3 Å². The summed E-state index contributed by atoms with van der Waals surface area (Å²) in [5, 5.41) is 4.89. The zero-order valence-corrected chi connectivity index (χ0v) is 12.7. The zero-order valence-electron chi connectivity index (χ0n) is 12.7. The molecule has 5 N–H and O–H groups in total. The second kappa shape index (κ2) is 11.0. The van der Waals surface area contributed by atoms with Gasteiger partial charge in [-0.15, -0.1) is 0 Å². The number of hydrogen-bond donors (Lipinski definition) is 3. The van der Waals surface area contributed by atoms with E-state index in [9.17, 15) is 0 Å². The zero-order chi connectivity index (χ0) is 13.8. The summed E-state index contributed by atoms with van der Waals surface area (Å²) < 4.78 is 0. The van der Waals surface area contributed by atoms with Gasteiger partial charge in [-0.3, -0.25) is 0 Å². The smallest absolute Gasteiger partial charge is 0.101 e. The van der Waals surface area contributed by atoms with Gasteiger partial charge in [-0.1, -0.05) is 30.3 Å². The number of nitrogens with one attached hydrogen (secondary N) is 1. The molecule has 0 atom stereocenters. The van der Waals surface area contributed by atoms with Gasteiger partial charge in [-0.25, -0.2) is 0 Å². The van der Waals surface area contributed by atoms with Crippen molar-refractivity contribution in [3.05, 3.63) is 35.9 Å². The van der Waals surface area contributed by atoms with Crippen LogP contribution in [0.2, 0.25) is 0 Å². The lowest BCUT2D eigenvalue weighted by Gasteiger charge is -2.06. The molecule has 3 heteroatoms. The van der Waals surface area contributed by atoms with Crippen LogP contribution in [-0.2, 0) is 6.54 Å². The molecule has 0 aliphatic rings. The number of benzene rings is 1. The van der Waals surface area contributed by atoms with Crippen molar-refractivity contribution < 1.29 is 15.5 Å². The molecule has 108 valence electrons. The van der Waals surface area contributed by atoms with Gasteiger partial charge in [0.05, 0.1) is 40.3 Å². The highest BCUT2D eigenvalue weighted by Crippen LogP contribution is 1.94. The van der Waals surface area contributed by atoms with Crippen LogP contribution in [-0.4, -0.2) is 40.3 Å². The van der Waals surface area contributed by atoms with Crippen LogP contribution >= 0.6 is 0 Å². The Morgan fingerprint density at radius 1 is 0.842 bits per heavy atom. The van der Waals surface area contributed by atoms with E-state index < -0.39 is 0 Å². The van der Waals surface area contributed by atoms with E-state index in [1.54, 1.807) is 4.90 Å². The second-order valence-electron chi connectivity index (χ2n) is 5.65. The molecule has 0 unspecified atom stereocenters. The lowest BCUT2D eigenvalue weighted by Crippen LogP contribution is -3.05. The third kappa shape index (κ3) is 9.65. The molecular formula is C16H32N3+3. The highest BCUT2D eigenvalue weighted by atomic mass is 15.0. The fourth-order valence-electron chi connectivity index (χ4n) is 2.20. The number of quaternary nitrogens is 3. The predicted octanol–water partition coefficient (Wildman–Crippen LogP) is -1.37. The number of nitrogens with two attached hydrogens (primary N) is 2. The standard InChI is InChI=1S/C16H29N3/c1-19(2)14-7-6-11-17-12-8-13-18-15-16-9-4-3-5-10-16/h3-5,9-10,17-18H,6-8,11-15H2,1-2H3/p+3. The maximum absolute atomic E-state index is 2.47. The third-order valence-electron chi connectivity index (χ3n) is 3.37. The Kier molecular flexibility index (Phi) is 9.33. The molecule has 0 aromatic heterocycles. The first-order chi connectivity index (χ1) is 9.29. The van der Waals surface area contributed by atoms with Crippen LogP contribution in [0.5, 0.6) is 0 Å². The van der Waals surface area contributed by atoms with Crippen molar-refractivity contribution in [3.8, 4) is 0 Å². The first-order valence-corrected chi connectivity index (χ1v) is 7.75. The maximum atomic E-state index is 2.47. The first kappa shape index (κ1) is 16.2. The third-order valence-corrected chi connectivity index (χ3v) is 3.37. The minimum Gasteiger partial charge on any atom is -0.346 e. The highest BCUT2D eigenvalue weighted by Gasteiger charge is 1.97.